The minimum atomic E-state index is -0.208. The molecule has 1 N–H and O–H groups in total. The van der Waals surface area contributed by atoms with Crippen molar-refractivity contribution in [2.45, 2.75) is 25.3 Å². The molecule has 6 nitrogen and oxygen atoms in total. The monoisotopic (exact) mass is 338 g/mol. The zero-order valence-electron chi connectivity index (χ0n) is 12.7. The first kappa shape index (κ1) is 13.7. The van der Waals surface area contributed by atoms with Crippen molar-refractivity contribution in [3.8, 4) is 11.6 Å². The first-order chi connectivity index (χ1) is 11.8. The van der Waals surface area contributed by atoms with Crippen molar-refractivity contribution >= 4 is 23.1 Å². The minimum Gasteiger partial charge on any atom is -0.461 e. The highest BCUT2D eigenvalue weighted by atomic mass is 32.1. The molecule has 24 heavy (non-hydrogen) atoms. The van der Waals surface area contributed by atoms with Gasteiger partial charge in [0, 0.05) is 22.6 Å². The van der Waals surface area contributed by atoms with Crippen LogP contribution in [0.1, 0.15) is 30.2 Å². The van der Waals surface area contributed by atoms with E-state index in [2.05, 4.69) is 15.4 Å². The molecule has 1 aliphatic carbocycles. The average molecular weight is 338 g/mol. The van der Waals surface area contributed by atoms with E-state index in [1.165, 1.54) is 0 Å². The molecule has 0 spiro atoms. The maximum absolute atomic E-state index is 12.6. The molecule has 0 aromatic carbocycles. The zero-order chi connectivity index (χ0) is 16.1. The summed E-state index contributed by atoms with van der Waals surface area (Å²) in [7, 11) is 0. The van der Waals surface area contributed by atoms with Gasteiger partial charge in [-0.15, -0.1) is 16.4 Å². The van der Waals surface area contributed by atoms with E-state index in [-0.39, 0.29) is 11.8 Å². The number of thiophene rings is 1. The maximum Gasteiger partial charge on any atom is 0.227 e. The van der Waals surface area contributed by atoms with Gasteiger partial charge in [-0.25, -0.2) is 4.68 Å². The van der Waals surface area contributed by atoms with E-state index in [1.807, 2.05) is 34.3 Å². The molecule has 0 saturated heterocycles. The second kappa shape index (κ2) is 5.17. The number of fused-ring (bicyclic) bond motifs is 1. The molecular formula is C17H14N4O2S. The number of carbonyl (C=O) groups is 1. The molecule has 3 aromatic rings. The molecule has 2 aliphatic rings. The third-order valence-corrected chi connectivity index (χ3v) is 5.35. The van der Waals surface area contributed by atoms with E-state index < -0.39 is 0 Å². The third kappa shape index (κ3) is 1.98. The number of Topliss-reactive ketones (excluding diaryl/α,β-unsaturated/α-hetero) is 1. The average Bonchev–Trinajstić information content (AvgIpc) is 3.32. The molecule has 0 bridgehead atoms. The van der Waals surface area contributed by atoms with E-state index in [4.69, 9.17) is 4.42 Å². The van der Waals surface area contributed by atoms with Crippen LogP contribution in [0.4, 0.5) is 5.95 Å². The topological polar surface area (TPSA) is 73.0 Å². The third-order valence-electron chi connectivity index (χ3n) is 4.42. The standard InChI is InChI=1S/C17H14N4O2S/c22-11-5-1-4-10-14(11)15(13-7-3-9-24-13)21-17(18-10)19-16(20-21)12-6-2-8-23-12/h2-3,6-9,15H,1,4-5H2,(H,18,19,20). The number of nitrogens with one attached hydrogen (secondary N) is 1. The number of nitrogens with zero attached hydrogens (tertiary/aromatic N) is 3. The summed E-state index contributed by atoms with van der Waals surface area (Å²) in [5.41, 5.74) is 1.81. The van der Waals surface area contributed by atoms with Gasteiger partial charge in [0.25, 0.3) is 0 Å². The molecule has 0 radical (unpaired) electrons. The molecule has 0 amide bonds. The summed E-state index contributed by atoms with van der Waals surface area (Å²) >= 11 is 1.63. The van der Waals surface area contributed by atoms with Gasteiger partial charge in [0.15, 0.2) is 11.5 Å². The van der Waals surface area contributed by atoms with Crippen molar-refractivity contribution < 1.29 is 9.21 Å². The van der Waals surface area contributed by atoms with Crippen LogP contribution in [0.2, 0.25) is 0 Å². The van der Waals surface area contributed by atoms with Crippen LogP contribution in [0.3, 0.4) is 0 Å². The highest BCUT2D eigenvalue weighted by molar-refractivity contribution is 7.10. The Balaban J connectivity index is 1.70. The molecule has 5 rings (SSSR count). The van der Waals surface area contributed by atoms with E-state index in [9.17, 15) is 4.79 Å². The largest absolute Gasteiger partial charge is 0.461 e. The normalized spacial score (nSPS) is 19.8. The number of allylic oxidation sites excluding steroid dienone is 2. The maximum atomic E-state index is 12.6. The van der Waals surface area contributed by atoms with Crippen LogP contribution >= 0.6 is 11.3 Å². The smallest absolute Gasteiger partial charge is 0.227 e. The highest BCUT2D eigenvalue weighted by Gasteiger charge is 2.37. The number of carbonyl (C=O) groups excluding carboxylic acids is 1. The molecule has 4 heterocycles. The van der Waals surface area contributed by atoms with E-state index in [0.29, 0.717) is 24.0 Å². The van der Waals surface area contributed by atoms with Crippen LogP contribution < -0.4 is 5.32 Å². The SMILES string of the molecule is O=C1CCCC2=C1C(c1cccs1)n1nc(-c3ccco3)nc1N2. The molecule has 1 aliphatic heterocycles. The fourth-order valence-electron chi connectivity index (χ4n) is 3.38. The Bertz CT molecular complexity index is 938. The van der Waals surface area contributed by atoms with Gasteiger partial charge >= 0.3 is 0 Å². The molecule has 0 fully saturated rings. The van der Waals surface area contributed by atoms with Crippen molar-refractivity contribution in [1.29, 1.82) is 0 Å². The lowest BCUT2D eigenvalue weighted by Gasteiger charge is -2.31. The predicted octanol–water partition coefficient (Wildman–Crippen LogP) is 3.62. The van der Waals surface area contributed by atoms with Gasteiger partial charge < -0.3 is 9.73 Å². The number of anilines is 1. The number of furan rings is 1. The number of hydrogen-bond donors (Lipinski definition) is 1. The lowest BCUT2D eigenvalue weighted by atomic mass is 9.88. The zero-order valence-corrected chi connectivity index (χ0v) is 13.5. The van der Waals surface area contributed by atoms with Crippen LogP contribution in [0.25, 0.3) is 11.6 Å². The molecular weight excluding hydrogens is 324 g/mol. The Morgan fingerprint density at radius 3 is 3.04 bits per heavy atom. The van der Waals surface area contributed by atoms with Crippen molar-refractivity contribution in [2.75, 3.05) is 5.32 Å². The fourth-order valence-corrected chi connectivity index (χ4v) is 4.19. The molecule has 120 valence electrons. The fraction of sp³-hybridized carbons (Fsp3) is 0.235. The minimum absolute atomic E-state index is 0.197. The van der Waals surface area contributed by atoms with Crippen LogP contribution in [0, 0.1) is 0 Å². The Morgan fingerprint density at radius 2 is 2.25 bits per heavy atom. The lowest BCUT2D eigenvalue weighted by molar-refractivity contribution is -0.116. The number of rotatable bonds is 2. The second-order valence-corrected chi connectivity index (χ2v) is 6.87. The van der Waals surface area contributed by atoms with Gasteiger partial charge in [-0.2, -0.15) is 4.98 Å². The van der Waals surface area contributed by atoms with Crippen molar-refractivity contribution in [3.05, 3.63) is 52.1 Å². The van der Waals surface area contributed by atoms with E-state index >= 15 is 0 Å². The summed E-state index contributed by atoms with van der Waals surface area (Å²) < 4.78 is 7.23. The molecule has 0 saturated carbocycles. The highest BCUT2D eigenvalue weighted by Crippen LogP contribution is 2.41. The van der Waals surface area contributed by atoms with Gasteiger partial charge in [-0.1, -0.05) is 6.07 Å². The molecule has 3 aromatic heterocycles. The Hall–Kier alpha value is -2.67. The molecule has 1 atom stereocenters. The summed E-state index contributed by atoms with van der Waals surface area (Å²) in [5.74, 6) is 2.00. The van der Waals surface area contributed by atoms with E-state index in [1.54, 1.807) is 17.6 Å². The number of aromatic nitrogens is 3. The van der Waals surface area contributed by atoms with Gasteiger partial charge in [0.1, 0.15) is 6.04 Å². The van der Waals surface area contributed by atoms with Crippen LogP contribution in [-0.2, 0) is 4.79 Å². The lowest BCUT2D eigenvalue weighted by Crippen LogP contribution is -2.31. The summed E-state index contributed by atoms with van der Waals surface area (Å²) in [6.07, 6.45) is 3.94. The summed E-state index contributed by atoms with van der Waals surface area (Å²) in [5, 5.41) is 9.96. The van der Waals surface area contributed by atoms with Gasteiger partial charge in [-0.3, -0.25) is 4.79 Å². The van der Waals surface area contributed by atoms with Crippen molar-refractivity contribution in [1.82, 2.24) is 14.8 Å². The Labute approximate surface area is 141 Å². The first-order valence-electron chi connectivity index (χ1n) is 7.88. The van der Waals surface area contributed by atoms with E-state index in [0.717, 1.165) is 29.0 Å². The number of ketones is 1. The van der Waals surface area contributed by atoms with Crippen LogP contribution in [0.5, 0.6) is 0 Å². The van der Waals surface area contributed by atoms with Crippen molar-refractivity contribution in [2.24, 2.45) is 0 Å². The van der Waals surface area contributed by atoms with Gasteiger partial charge in [0.05, 0.1) is 6.26 Å². The van der Waals surface area contributed by atoms with Gasteiger partial charge in [-0.05, 0) is 36.4 Å². The number of hydrogen-bond acceptors (Lipinski definition) is 6. The predicted molar refractivity (Wildman–Crippen MR) is 89.7 cm³/mol. The van der Waals surface area contributed by atoms with Crippen molar-refractivity contribution in [3.63, 3.8) is 0 Å². The summed E-state index contributed by atoms with van der Waals surface area (Å²) in [6.45, 7) is 0. The molecule has 1 unspecified atom stereocenters. The van der Waals surface area contributed by atoms with Crippen LogP contribution in [0.15, 0.2) is 51.6 Å². The Kier molecular flexibility index (Phi) is 2.96. The Morgan fingerprint density at radius 1 is 1.29 bits per heavy atom. The molecule has 7 heteroatoms. The summed E-state index contributed by atoms with van der Waals surface area (Å²) in [4.78, 5) is 18.3. The second-order valence-electron chi connectivity index (χ2n) is 5.89. The quantitative estimate of drug-likeness (QED) is 0.772. The van der Waals surface area contributed by atoms with Crippen LogP contribution in [-0.4, -0.2) is 20.5 Å². The van der Waals surface area contributed by atoms with Gasteiger partial charge in [0.2, 0.25) is 11.8 Å². The first-order valence-corrected chi connectivity index (χ1v) is 8.76. The summed E-state index contributed by atoms with van der Waals surface area (Å²) in [6, 6.07) is 7.48.